The molecule has 0 spiro atoms. The molecular weight excluding hydrogens is 580 g/mol. The summed E-state index contributed by atoms with van der Waals surface area (Å²) in [5, 5.41) is 20.2. The Balaban J connectivity index is 2.52. The molecule has 2 N–H and O–H groups in total. The summed E-state index contributed by atoms with van der Waals surface area (Å²) in [5.41, 5.74) is -14.9. The van der Waals surface area contributed by atoms with Gasteiger partial charge in [-0.15, -0.1) is 0 Å². The second-order valence-corrected chi connectivity index (χ2v) is 9.99. The van der Waals surface area contributed by atoms with E-state index >= 15 is 0 Å². The van der Waals surface area contributed by atoms with Gasteiger partial charge in [0.05, 0.1) is 11.1 Å². The van der Waals surface area contributed by atoms with Gasteiger partial charge in [-0.2, -0.15) is 52.7 Å². The molecule has 0 saturated heterocycles. The van der Waals surface area contributed by atoms with Crippen LogP contribution in [0.15, 0.2) is 93.5 Å². The Labute approximate surface area is 214 Å². The summed E-state index contributed by atoms with van der Waals surface area (Å²) in [7, 11) is -2.59. The molecule has 0 aliphatic rings. The lowest BCUT2D eigenvalue weighted by atomic mass is 9.92. The molecule has 212 valence electrons. The second kappa shape index (κ2) is 9.93. The summed E-state index contributed by atoms with van der Waals surface area (Å²) in [4.78, 5) is -2.48. The Bertz CT molecular complexity index is 1190. The Kier molecular flexibility index (Phi) is 7.80. The van der Waals surface area contributed by atoms with Gasteiger partial charge in [0.1, 0.15) is 10.9 Å². The normalized spacial score (nSPS) is 14.1. The average molecular weight is 595 g/mol. The van der Waals surface area contributed by atoms with E-state index < -0.39 is 67.7 Å². The van der Waals surface area contributed by atoms with Crippen molar-refractivity contribution in [3.05, 3.63) is 90.0 Å². The van der Waals surface area contributed by atoms with E-state index in [-0.39, 0.29) is 17.0 Å². The maximum Gasteiger partial charge on any atom is 0.430 e. The summed E-state index contributed by atoms with van der Waals surface area (Å²) < 4.78 is 166. The van der Waals surface area contributed by atoms with Crippen LogP contribution in [0.25, 0.3) is 0 Å². The van der Waals surface area contributed by atoms with Crippen molar-refractivity contribution in [1.29, 1.82) is 0 Å². The summed E-state index contributed by atoms with van der Waals surface area (Å²) >= 11 is 0. The topological polar surface area (TPSA) is 40.5 Å². The minimum Gasteiger partial charge on any atom is -0.369 e. The van der Waals surface area contributed by atoms with Crippen molar-refractivity contribution in [1.82, 2.24) is 0 Å². The molecule has 0 fully saturated rings. The van der Waals surface area contributed by atoms with Crippen LogP contribution in [0.5, 0.6) is 0 Å². The number of rotatable bonds is 5. The lowest BCUT2D eigenvalue weighted by molar-refractivity contribution is -0.377. The number of benzene rings is 3. The monoisotopic (exact) mass is 595 g/mol. The average Bonchev–Trinajstić information content (AvgIpc) is 2.82. The van der Waals surface area contributed by atoms with E-state index in [1.54, 1.807) is 0 Å². The highest BCUT2D eigenvalue weighted by Crippen LogP contribution is 2.55. The Morgan fingerprint density at radius 2 is 0.692 bits per heavy atom. The Hall–Kier alpha value is -2.91. The van der Waals surface area contributed by atoms with Gasteiger partial charge in [0.25, 0.3) is 11.2 Å². The van der Waals surface area contributed by atoms with Crippen LogP contribution in [0.1, 0.15) is 11.1 Å². The van der Waals surface area contributed by atoms with Crippen LogP contribution in [-0.2, 0) is 22.1 Å². The zero-order valence-electron chi connectivity index (χ0n) is 18.8. The minimum atomic E-state index is -6.41. The largest absolute Gasteiger partial charge is 0.430 e. The molecule has 3 aromatic rings. The van der Waals surface area contributed by atoms with E-state index in [0.29, 0.717) is 24.3 Å². The van der Waals surface area contributed by atoms with Gasteiger partial charge in [0, 0.05) is 0 Å². The van der Waals surface area contributed by atoms with Crippen LogP contribution in [-0.4, -0.2) is 34.9 Å². The third-order valence-electron chi connectivity index (χ3n) is 5.61. The van der Waals surface area contributed by atoms with Crippen LogP contribution in [0.3, 0.4) is 0 Å². The van der Waals surface area contributed by atoms with Crippen LogP contribution < -0.4 is 0 Å². The summed E-state index contributed by atoms with van der Waals surface area (Å²) in [6.07, 6.45) is -25.6. The highest BCUT2D eigenvalue weighted by atomic mass is 32.2. The molecule has 0 aromatic heterocycles. The van der Waals surface area contributed by atoms with Gasteiger partial charge >= 0.3 is 24.7 Å². The molecular formula is C24H15F12O2S+. The predicted octanol–water partition coefficient (Wildman–Crippen LogP) is 7.41. The van der Waals surface area contributed by atoms with Gasteiger partial charge in [0.2, 0.25) is 0 Å². The predicted molar refractivity (Wildman–Crippen MR) is 114 cm³/mol. The zero-order valence-corrected chi connectivity index (χ0v) is 19.7. The van der Waals surface area contributed by atoms with E-state index in [0.717, 1.165) is 24.3 Å². The third kappa shape index (κ3) is 5.07. The van der Waals surface area contributed by atoms with Crippen molar-refractivity contribution in [3.63, 3.8) is 0 Å². The summed E-state index contributed by atoms with van der Waals surface area (Å²) in [6, 6.07) is 10.7. The molecule has 0 unspecified atom stereocenters. The molecule has 3 aromatic carbocycles. The van der Waals surface area contributed by atoms with Crippen molar-refractivity contribution in [2.75, 3.05) is 0 Å². The van der Waals surface area contributed by atoms with Gasteiger partial charge in [-0.25, -0.2) is 0 Å². The summed E-state index contributed by atoms with van der Waals surface area (Å²) in [5.74, 6) is 0. The molecule has 39 heavy (non-hydrogen) atoms. The van der Waals surface area contributed by atoms with Crippen molar-refractivity contribution >= 4 is 10.9 Å². The molecule has 3 rings (SSSR count). The quantitative estimate of drug-likeness (QED) is 0.238. The van der Waals surface area contributed by atoms with Crippen LogP contribution in [0, 0.1) is 0 Å². The van der Waals surface area contributed by atoms with E-state index in [1.807, 2.05) is 0 Å². The van der Waals surface area contributed by atoms with Gasteiger partial charge < -0.3 is 10.2 Å². The Morgan fingerprint density at radius 1 is 0.410 bits per heavy atom. The maximum atomic E-state index is 13.8. The molecule has 0 heterocycles. The highest BCUT2D eigenvalue weighted by Gasteiger charge is 2.75. The fraction of sp³-hybridized carbons (Fsp3) is 0.250. The van der Waals surface area contributed by atoms with Crippen molar-refractivity contribution in [2.24, 2.45) is 0 Å². The first kappa shape index (κ1) is 30.6. The molecule has 0 saturated carbocycles. The van der Waals surface area contributed by atoms with Crippen molar-refractivity contribution < 1.29 is 62.9 Å². The Morgan fingerprint density at radius 3 is 1.00 bits per heavy atom. The molecule has 2 nitrogen and oxygen atoms in total. The fourth-order valence-corrected chi connectivity index (χ4v) is 6.22. The molecule has 0 aliphatic heterocycles. The van der Waals surface area contributed by atoms with E-state index in [4.69, 9.17) is 0 Å². The highest BCUT2D eigenvalue weighted by molar-refractivity contribution is 7.97. The zero-order chi connectivity index (χ0) is 29.7. The molecule has 0 bridgehead atoms. The lowest BCUT2D eigenvalue weighted by Gasteiger charge is -2.34. The van der Waals surface area contributed by atoms with Crippen molar-refractivity contribution in [2.45, 2.75) is 50.6 Å². The molecule has 0 radical (unpaired) electrons. The van der Waals surface area contributed by atoms with Crippen LogP contribution in [0.4, 0.5) is 52.7 Å². The summed E-state index contributed by atoms with van der Waals surface area (Å²) in [6.45, 7) is 0. The van der Waals surface area contributed by atoms with Gasteiger partial charge in [-0.1, -0.05) is 54.6 Å². The molecule has 0 atom stereocenters. The second-order valence-electron chi connectivity index (χ2n) is 8.02. The SMILES string of the molecule is OC(c1ccccc1[S+](c1ccccc1)c1ccccc1C(O)(C(F)(F)F)C(F)(F)F)(C(F)(F)F)C(F)(F)F. The smallest absolute Gasteiger partial charge is 0.369 e. The van der Waals surface area contributed by atoms with Gasteiger partial charge in [-0.05, 0) is 24.3 Å². The standard InChI is InChI=1S/C24H15F12O2S/c25-21(26,27)19(37,22(28,29)30)15-10-4-6-12-17(15)39(14-8-2-1-3-9-14)18-13-7-5-11-16(18)20(38,23(31,32)33)24(34,35)36/h1-13,37-38H/q+1. The molecule has 15 heteroatoms. The maximum absolute atomic E-state index is 13.8. The molecule has 0 aliphatic carbocycles. The lowest BCUT2D eigenvalue weighted by Crippen LogP contribution is -2.55. The van der Waals surface area contributed by atoms with Gasteiger partial charge in [0.15, 0.2) is 14.7 Å². The first-order valence-electron chi connectivity index (χ1n) is 10.4. The van der Waals surface area contributed by atoms with E-state index in [2.05, 4.69) is 0 Å². The fourth-order valence-electron chi connectivity index (χ4n) is 3.75. The van der Waals surface area contributed by atoms with E-state index in [9.17, 15) is 62.9 Å². The third-order valence-corrected chi connectivity index (χ3v) is 7.95. The van der Waals surface area contributed by atoms with Crippen molar-refractivity contribution in [3.8, 4) is 0 Å². The first-order chi connectivity index (χ1) is 17.7. The van der Waals surface area contributed by atoms with E-state index in [1.165, 1.54) is 18.2 Å². The molecule has 0 amide bonds. The minimum absolute atomic E-state index is 0.224. The van der Waals surface area contributed by atoms with Crippen LogP contribution >= 0.6 is 0 Å². The number of halogens is 12. The number of hydrogen-bond donors (Lipinski definition) is 2. The van der Waals surface area contributed by atoms with Gasteiger partial charge in [-0.3, -0.25) is 0 Å². The first-order valence-corrected chi connectivity index (χ1v) is 11.6. The number of aliphatic hydroxyl groups is 2. The van der Waals surface area contributed by atoms with Crippen LogP contribution in [0.2, 0.25) is 0 Å². The number of alkyl halides is 12. The number of hydrogen-bond acceptors (Lipinski definition) is 2.